The van der Waals surface area contributed by atoms with Gasteiger partial charge in [-0.3, -0.25) is 4.90 Å². The maximum atomic E-state index is 13.4. The van der Waals surface area contributed by atoms with E-state index in [-0.39, 0.29) is 11.5 Å². The summed E-state index contributed by atoms with van der Waals surface area (Å²) in [6.07, 6.45) is 3.83. The number of benzene rings is 1. The van der Waals surface area contributed by atoms with Crippen molar-refractivity contribution in [3.63, 3.8) is 0 Å². The summed E-state index contributed by atoms with van der Waals surface area (Å²) in [6, 6.07) is 5.17. The van der Waals surface area contributed by atoms with Crippen LogP contribution >= 0.6 is 0 Å². The molecule has 1 aromatic rings. The molecule has 1 aliphatic rings. The van der Waals surface area contributed by atoms with Gasteiger partial charge in [0, 0.05) is 6.54 Å². The quantitative estimate of drug-likeness (QED) is 0.844. The molecule has 19 heavy (non-hydrogen) atoms. The zero-order valence-corrected chi connectivity index (χ0v) is 12.0. The second-order valence-corrected chi connectivity index (χ2v) is 6.07. The van der Waals surface area contributed by atoms with Gasteiger partial charge in [0.25, 0.3) is 0 Å². The first-order chi connectivity index (χ1) is 9.06. The van der Waals surface area contributed by atoms with E-state index < -0.39 is 0 Å². The van der Waals surface area contributed by atoms with Crippen molar-refractivity contribution in [3.8, 4) is 0 Å². The van der Waals surface area contributed by atoms with Crippen molar-refractivity contribution in [1.29, 1.82) is 0 Å². The Morgan fingerprint density at radius 1 is 1.32 bits per heavy atom. The maximum Gasteiger partial charge on any atom is 0.146 e. The number of hydrogen-bond acceptors (Lipinski definition) is 2. The van der Waals surface area contributed by atoms with Gasteiger partial charge >= 0.3 is 0 Å². The molecular formula is C16H25FN2. The number of nitrogens with two attached hydrogens (primary N) is 1. The van der Waals surface area contributed by atoms with Gasteiger partial charge in [-0.15, -0.1) is 0 Å². The minimum absolute atomic E-state index is 0.236. The third kappa shape index (κ3) is 3.93. The average Bonchev–Trinajstić information content (AvgIpc) is 2.59. The van der Waals surface area contributed by atoms with Crippen molar-refractivity contribution in [1.82, 2.24) is 4.90 Å². The Kier molecular flexibility index (Phi) is 4.81. The van der Waals surface area contributed by atoms with Crippen LogP contribution in [0.4, 0.5) is 10.1 Å². The van der Waals surface area contributed by atoms with E-state index >= 15 is 0 Å². The lowest BCUT2D eigenvalue weighted by Gasteiger charge is -2.21. The number of likely N-dealkylation sites (tertiary alicyclic amines) is 1. The fraction of sp³-hybridized carbons (Fsp3) is 0.625. The Bertz CT molecular complexity index is 417. The van der Waals surface area contributed by atoms with Crippen molar-refractivity contribution in [3.05, 3.63) is 29.6 Å². The van der Waals surface area contributed by atoms with Crippen LogP contribution in [0.2, 0.25) is 0 Å². The zero-order valence-electron chi connectivity index (χ0n) is 12.0. The van der Waals surface area contributed by atoms with Crippen LogP contribution in [0, 0.1) is 17.7 Å². The van der Waals surface area contributed by atoms with Crippen LogP contribution in [-0.4, -0.2) is 18.0 Å². The minimum Gasteiger partial charge on any atom is -0.396 e. The molecule has 2 N–H and O–H groups in total. The topological polar surface area (TPSA) is 29.3 Å². The fourth-order valence-electron chi connectivity index (χ4n) is 2.93. The molecule has 0 amide bonds. The summed E-state index contributed by atoms with van der Waals surface area (Å²) in [6.45, 7) is 7.71. The summed E-state index contributed by atoms with van der Waals surface area (Å²) in [4.78, 5) is 2.44. The molecule has 0 bridgehead atoms. The van der Waals surface area contributed by atoms with Crippen LogP contribution < -0.4 is 5.73 Å². The molecule has 0 radical (unpaired) electrons. The van der Waals surface area contributed by atoms with Gasteiger partial charge in [-0.25, -0.2) is 4.39 Å². The molecule has 1 aliphatic heterocycles. The Balaban J connectivity index is 1.94. The van der Waals surface area contributed by atoms with Crippen LogP contribution in [0.3, 0.4) is 0 Å². The summed E-state index contributed by atoms with van der Waals surface area (Å²) < 4.78 is 13.4. The van der Waals surface area contributed by atoms with E-state index in [2.05, 4.69) is 18.7 Å². The van der Waals surface area contributed by atoms with Crippen LogP contribution in [0.1, 0.15) is 38.7 Å². The Morgan fingerprint density at radius 2 is 2.11 bits per heavy atom. The van der Waals surface area contributed by atoms with Crippen molar-refractivity contribution in [2.75, 3.05) is 18.8 Å². The monoisotopic (exact) mass is 264 g/mol. The summed E-state index contributed by atoms with van der Waals surface area (Å²) in [7, 11) is 0. The van der Waals surface area contributed by atoms with Crippen molar-refractivity contribution in [2.24, 2.45) is 11.8 Å². The van der Waals surface area contributed by atoms with E-state index in [1.165, 1.54) is 19.3 Å². The Morgan fingerprint density at radius 3 is 2.79 bits per heavy atom. The van der Waals surface area contributed by atoms with Crippen LogP contribution in [0.15, 0.2) is 18.2 Å². The van der Waals surface area contributed by atoms with Crippen molar-refractivity contribution < 1.29 is 4.39 Å². The standard InChI is InChI=1S/C16H25FN2/c1-12(2)14-4-3-8-19(9-7-14)11-13-5-6-16(18)15(17)10-13/h5-6,10,12,14H,3-4,7-9,11,18H2,1-2H3. The predicted octanol–water partition coefficient (Wildman–Crippen LogP) is 3.67. The molecule has 1 aromatic carbocycles. The van der Waals surface area contributed by atoms with Gasteiger partial charge in [0.1, 0.15) is 5.82 Å². The lowest BCUT2D eigenvalue weighted by Crippen LogP contribution is -2.24. The van der Waals surface area contributed by atoms with Gasteiger partial charge in [0.2, 0.25) is 0 Å². The van der Waals surface area contributed by atoms with Gasteiger partial charge in [0.05, 0.1) is 5.69 Å². The summed E-state index contributed by atoms with van der Waals surface area (Å²) >= 11 is 0. The van der Waals surface area contributed by atoms with Crippen molar-refractivity contribution in [2.45, 2.75) is 39.7 Å². The number of rotatable bonds is 3. The number of nitrogens with zero attached hydrogens (tertiary/aromatic N) is 1. The summed E-state index contributed by atoms with van der Waals surface area (Å²) in [5, 5.41) is 0. The normalized spacial score (nSPS) is 21.6. The van der Waals surface area contributed by atoms with Crippen LogP contribution in [0.5, 0.6) is 0 Å². The van der Waals surface area contributed by atoms with E-state index in [0.29, 0.717) is 0 Å². The first-order valence-corrected chi connectivity index (χ1v) is 7.32. The third-order valence-corrected chi connectivity index (χ3v) is 4.28. The zero-order chi connectivity index (χ0) is 13.8. The SMILES string of the molecule is CC(C)C1CCCN(Cc2ccc(N)c(F)c2)CC1. The molecule has 1 fully saturated rings. The molecule has 2 rings (SSSR count). The molecule has 2 nitrogen and oxygen atoms in total. The average molecular weight is 264 g/mol. The molecule has 1 atom stereocenters. The molecule has 1 heterocycles. The fourth-order valence-corrected chi connectivity index (χ4v) is 2.93. The molecule has 0 saturated carbocycles. The van der Waals surface area contributed by atoms with Gasteiger partial charge in [0.15, 0.2) is 0 Å². The van der Waals surface area contributed by atoms with Crippen LogP contribution in [-0.2, 0) is 6.54 Å². The summed E-state index contributed by atoms with van der Waals surface area (Å²) in [5.74, 6) is 1.31. The van der Waals surface area contributed by atoms with Crippen molar-refractivity contribution >= 4 is 5.69 Å². The molecule has 3 heteroatoms. The second-order valence-electron chi connectivity index (χ2n) is 6.07. The highest BCUT2D eigenvalue weighted by atomic mass is 19.1. The highest BCUT2D eigenvalue weighted by molar-refractivity contribution is 5.41. The van der Waals surface area contributed by atoms with E-state index in [4.69, 9.17) is 5.73 Å². The van der Waals surface area contributed by atoms with Gasteiger partial charge in [-0.05, 0) is 61.9 Å². The Hall–Kier alpha value is -1.09. The number of anilines is 1. The number of halogens is 1. The largest absolute Gasteiger partial charge is 0.396 e. The molecular weight excluding hydrogens is 239 g/mol. The predicted molar refractivity (Wildman–Crippen MR) is 78.3 cm³/mol. The first-order valence-electron chi connectivity index (χ1n) is 7.32. The maximum absolute atomic E-state index is 13.4. The lowest BCUT2D eigenvalue weighted by atomic mass is 9.89. The molecule has 1 unspecified atom stereocenters. The highest BCUT2D eigenvalue weighted by Gasteiger charge is 2.19. The molecule has 1 saturated heterocycles. The molecule has 0 aliphatic carbocycles. The first kappa shape index (κ1) is 14.3. The summed E-state index contributed by atoms with van der Waals surface area (Å²) in [5.41, 5.74) is 6.77. The molecule has 106 valence electrons. The molecule has 0 aromatic heterocycles. The molecule has 0 spiro atoms. The second kappa shape index (κ2) is 6.38. The smallest absolute Gasteiger partial charge is 0.146 e. The van der Waals surface area contributed by atoms with E-state index in [0.717, 1.165) is 37.0 Å². The number of hydrogen-bond donors (Lipinski definition) is 1. The van der Waals surface area contributed by atoms with Gasteiger partial charge in [-0.1, -0.05) is 19.9 Å². The van der Waals surface area contributed by atoms with Gasteiger partial charge in [-0.2, -0.15) is 0 Å². The van der Waals surface area contributed by atoms with Crippen LogP contribution in [0.25, 0.3) is 0 Å². The van der Waals surface area contributed by atoms with E-state index in [9.17, 15) is 4.39 Å². The third-order valence-electron chi connectivity index (χ3n) is 4.28. The Labute approximate surface area is 115 Å². The van der Waals surface area contributed by atoms with E-state index in [1.807, 2.05) is 6.07 Å². The number of nitrogen functional groups attached to an aromatic ring is 1. The lowest BCUT2D eigenvalue weighted by molar-refractivity contribution is 0.264. The van der Waals surface area contributed by atoms with E-state index in [1.54, 1.807) is 12.1 Å². The highest BCUT2D eigenvalue weighted by Crippen LogP contribution is 2.25. The minimum atomic E-state index is -0.299. The van der Waals surface area contributed by atoms with Gasteiger partial charge < -0.3 is 5.73 Å².